The fraction of sp³-hybridized carbons (Fsp3) is 0.500. The SMILES string of the molecule is COc1ccc2[nH]c3c(=O)n(CCCCC(=O)N4CCC[C@H](C)C4)c(=S)[nH]c3c2c1. The van der Waals surface area contributed by atoms with Gasteiger partial charge in [0.1, 0.15) is 11.3 Å². The van der Waals surface area contributed by atoms with E-state index in [-0.39, 0.29) is 11.5 Å². The number of benzene rings is 1. The summed E-state index contributed by atoms with van der Waals surface area (Å²) in [5.74, 6) is 1.53. The number of hydrogen-bond acceptors (Lipinski definition) is 4. The number of unbranched alkanes of at least 4 members (excludes halogenated alkanes) is 1. The van der Waals surface area contributed by atoms with E-state index in [2.05, 4.69) is 16.9 Å². The maximum Gasteiger partial charge on any atom is 0.278 e. The second-order valence-electron chi connectivity index (χ2n) is 8.22. The zero-order valence-corrected chi connectivity index (χ0v) is 18.3. The fourth-order valence-electron chi connectivity index (χ4n) is 4.31. The molecule has 160 valence electrons. The molecule has 0 radical (unpaired) electrons. The number of carbonyl (C=O) groups is 1. The number of hydrogen-bond donors (Lipinski definition) is 2. The van der Waals surface area contributed by atoms with Gasteiger partial charge in [0.2, 0.25) is 5.91 Å². The summed E-state index contributed by atoms with van der Waals surface area (Å²) < 4.78 is 7.27. The van der Waals surface area contributed by atoms with Gasteiger partial charge in [-0.3, -0.25) is 14.2 Å². The van der Waals surface area contributed by atoms with Gasteiger partial charge in [0.15, 0.2) is 4.77 Å². The Morgan fingerprint density at radius 1 is 1.27 bits per heavy atom. The van der Waals surface area contributed by atoms with Gasteiger partial charge in [-0.2, -0.15) is 0 Å². The first-order valence-electron chi connectivity index (χ1n) is 10.6. The molecule has 2 N–H and O–H groups in total. The Bertz CT molecular complexity index is 1190. The molecule has 1 aliphatic rings. The molecule has 0 saturated carbocycles. The standard InChI is InChI=1S/C22H28N4O3S/c1-14-6-5-10-25(13-14)18(27)7-3-4-11-26-21(28)20-19(24-22(26)30)16-12-15(29-2)8-9-17(16)23-20/h8-9,12,14,23H,3-7,10-11,13H2,1-2H3,(H,24,30)/t14-/m0/s1. The maximum absolute atomic E-state index is 13.0. The van der Waals surface area contributed by atoms with Gasteiger partial charge >= 0.3 is 0 Å². The van der Waals surface area contributed by atoms with Crippen molar-refractivity contribution in [2.24, 2.45) is 5.92 Å². The average molecular weight is 429 g/mol. The Kier molecular flexibility index (Phi) is 5.94. The van der Waals surface area contributed by atoms with Crippen LogP contribution in [0.5, 0.6) is 5.75 Å². The highest BCUT2D eigenvalue weighted by molar-refractivity contribution is 7.71. The summed E-state index contributed by atoms with van der Waals surface area (Å²) >= 11 is 5.46. The lowest BCUT2D eigenvalue weighted by Crippen LogP contribution is -2.39. The molecule has 8 heteroatoms. The number of piperidine rings is 1. The number of amides is 1. The Balaban J connectivity index is 1.47. The molecule has 4 rings (SSSR count). The van der Waals surface area contributed by atoms with E-state index >= 15 is 0 Å². The van der Waals surface area contributed by atoms with Gasteiger partial charge in [0.05, 0.1) is 12.6 Å². The number of nitrogens with zero attached hydrogens (tertiary/aromatic N) is 2. The normalized spacial score (nSPS) is 17.0. The van der Waals surface area contributed by atoms with Gasteiger partial charge in [-0.1, -0.05) is 6.92 Å². The Labute approximate surface area is 180 Å². The lowest BCUT2D eigenvalue weighted by atomic mass is 10.00. The van der Waals surface area contributed by atoms with Gasteiger partial charge in [-0.25, -0.2) is 0 Å². The molecule has 1 fully saturated rings. The third-order valence-corrected chi connectivity index (χ3v) is 6.30. The summed E-state index contributed by atoms with van der Waals surface area (Å²) in [5.41, 5.74) is 1.92. The smallest absolute Gasteiger partial charge is 0.278 e. The lowest BCUT2D eigenvalue weighted by molar-refractivity contribution is -0.133. The summed E-state index contributed by atoms with van der Waals surface area (Å²) in [5, 5.41) is 0.876. The van der Waals surface area contributed by atoms with E-state index in [9.17, 15) is 9.59 Å². The van der Waals surface area contributed by atoms with E-state index < -0.39 is 0 Å². The quantitative estimate of drug-likeness (QED) is 0.460. The zero-order valence-electron chi connectivity index (χ0n) is 17.5. The zero-order chi connectivity index (χ0) is 21.3. The molecule has 3 aromatic rings. The minimum absolute atomic E-state index is 0.139. The van der Waals surface area contributed by atoms with Crippen LogP contribution >= 0.6 is 12.2 Å². The first-order chi connectivity index (χ1) is 14.5. The summed E-state index contributed by atoms with van der Waals surface area (Å²) in [4.78, 5) is 33.8. The first kappa shape index (κ1) is 20.7. The molecule has 30 heavy (non-hydrogen) atoms. The van der Waals surface area contributed by atoms with Gasteiger partial charge in [0, 0.05) is 37.0 Å². The molecule has 2 aromatic heterocycles. The van der Waals surface area contributed by atoms with Crippen LogP contribution in [0.15, 0.2) is 23.0 Å². The Morgan fingerprint density at radius 3 is 2.87 bits per heavy atom. The van der Waals surface area contributed by atoms with Crippen LogP contribution in [-0.4, -0.2) is 45.5 Å². The van der Waals surface area contributed by atoms with Crippen molar-refractivity contribution in [3.8, 4) is 5.75 Å². The molecule has 0 bridgehead atoms. The number of likely N-dealkylation sites (tertiary alicyclic amines) is 1. The van der Waals surface area contributed by atoms with E-state index in [1.807, 2.05) is 23.1 Å². The number of nitrogens with one attached hydrogen (secondary N) is 2. The number of H-pyrrole nitrogens is 2. The van der Waals surface area contributed by atoms with Crippen LogP contribution in [0.25, 0.3) is 21.9 Å². The number of aromatic amines is 2. The molecule has 1 amide bonds. The first-order valence-corrected chi connectivity index (χ1v) is 11.0. The topological polar surface area (TPSA) is 83.1 Å². The van der Waals surface area contributed by atoms with Crippen molar-refractivity contribution in [1.29, 1.82) is 0 Å². The number of rotatable bonds is 6. The average Bonchev–Trinajstić information content (AvgIpc) is 3.10. The third kappa shape index (κ3) is 4.01. The minimum atomic E-state index is -0.139. The molecule has 3 heterocycles. The van der Waals surface area contributed by atoms with Crippen LogP contribution in [0.2, 0.25) is 0 Å². The Morgan fingerprint density at radius 2 is 2.10 bits per heavy atom. The molecule has 1 aromatic carbocycles. The van der Waals surface area contributed by atoms with Gasteiger partial charge < -0.3 is 19.6 Å². The molecule has 1 saturated heterocycles. The predicted molar refractivity (Wildman–Crippen MR) is 121 cm³/mol. The predicted octanol–water partition coefficient (Wildman–Crippen LogP) is 3.98. The number of fused-ring (bicyclic) bond motifs is 3. The van der Waals surface area contributed by atoms with E-state index in [0.29, 0.717) is 34.7 Å². The number of carbonyl (C=O) groups excluding carboxylic acids is 1. The number of methoxy groups -OCH3 is 1. The molecule has 0 spiro atoms. The molecular weight excluding hydrogens is 400 g/mol. The molecule has 0 aliphatic carbocycles. The van der Waals surface area contributed by atoms with Crippen molar-refractivity contribution in [2.45, 2.75) is 45.6 Å². The van der Waals surface area contributed by atoms with Crippen LogP contribution in [0.3, 0.4) is 0 Å². The van der Waals surface area contributed by atoms with Crippen LogP contribution < -0.4 is 10.3 Å². The van der Waals surface area contributed by atoms with E-state index in [1.165, 1.54) is 6.42 Å². The van der Waals surface area contributed by atoms with E-state index in [4.69, 9.17) is 17.0 Å². The van der Waals surface area contributed by atoms with Crippen molar-refractivity contribution in [3.63, 3.8) is 0 Å². The van der Waals surface area contributed by atoms with Gasteiger partial charge in [0.25, 0.3) is 5.56 Å². The van der Waals surface area contributed by atoms with Gasteiger partial charge in [-0.15, -0.1) is 0 Å². The van der Waals surface area contributed by atoms with Gasteiger partial charge in [-0.05, 0) is 62.0 Å². The van der Waals surface area contributed by atoms with Crippen LogP contribution in [-0.2, 0) is 11.3 Å². The number of aromatic nitrogens is 3. The van der Waals surface area contributed by atoms with Crippen LogP contribution in [0.4, 0.5) is 0 Å². The monoisotopic (exact) mass is 428 g/mol. The highest BCUT2D eigenvalue weighted by Crippen LogP contribution is 2.26. The van der Waals surface area contributed by atoms with Crippen molar-refractivity contribution >= 4 is 40.1 Å². The molecule has 1 aliphatic heterocycles. The maximum atomic E-state index is 13.0. The fourth-order valence-corrected chi connectivity index (χ4v) is 4.59. The van der Waals surface area contributed by atoms with Crippen molar-refractivity contribution in [3.05, 3.63) is 33.3 Å². The molecule has 7 nitrogen and oxygen atoms in total. The number of ether oxygens (including phenoxy) is 1. The second-order valence-corrected chi connectivity index (χ2v) is 8.60. The lowest BCUT2D eigenvalue weighted by Gasteiger charge is -2.31. The summed E-state index contributed by atoms with van der Waals surface area (Å²) in [7, 11) is 1.61. The van der Waals surface area contributed by atoms with Crippen molar-refractivity contribution in [2.75, 3.05) is 20.2 Å². The van der Waals surface area contributed by atoms with Crippen LogP contribution in [0.1, 0.15) is 39.0 Å². The summed E-state index contributed by atoms with van der Waals surface area (Å²) in [6.07, 6.45) is 4.28. The van der Waals surface area contributed by atoms with Crippen molar-refractivity contribution < 1.29 is 9.53 Å². The summed E-state index contributed by atoms with van der Waals surface area (Å²) in [6.45, 7) is 4.43. The molecule has 1 atom stereocenters. The Hall–Kier alpha value is -2.61. The van der Waals surface area contributed by atoms with E-state index in [1.54, 1.807) is 11.7 Å². The van der Waals surface area contributed by atoms with E-state index in [0.717, 1.165) is 49.0 Å². The minimum Gasteiger partial charge on any atom is -0.497 e. The highest BCUT2D eigenvalue weighted by atomic mass is 32.1. The highest BCUT2D eigenvalue weighted by Gasteiger charge is 2.20. The third-order valence-electron chi connectivity index (χ3n) is 5.97. The van der Waals surface area contributed by atoms with Crippen molar-refractivity contribution in [1.82, 2.24) is 19.4 Å². The summed E-state index contributed by atoms with van der Waals surface area (Å²) in [6, 6.07) is 5.63. The molecule has 0 unspecified atom stereocenters. The second kappa shape index (κ2) is 8.63. The largest absolute Gasteiger partial charge is 0.497 e. The van der Waals surface area contributed by atoms with Crippen LogP contribution in [0, 0.1) is 10.7 Å². The molecular formula is C22H28N4O3S.